The van der Waals surface area contributed by atoms with E-state index in [1.54, 1.807) is 0 Å². The van der Waals surface area contributed by atoms with E-state index in [1.165, 1.54) is 17.6 Å². The predicted octanol–water partition coefficient (Wildman–Crippen LogP) is -2.61. The van der Waals surface area contributed by atoms with Crippen molar-refractivity contribution in [1.82, 2.24) is 34.0 Å². The molecule has 29 heteroatoms. The number of nitrogens with zero attached hydrogens (tertiary/aromatic N) is 7. The van der Waals surface area contributed by atoms with Gasteiger partial charge in [0.2, 0.25) is 5.91 Å². The molecule has 0 saturated carbocycles. The van der Waals surface area contributed by atoms with Gasteiger partial charge in [-0.05, 0) is 19.4 Å². The Bertz CT molecular complexity index is 2140. The van der Waals surface area contributed by atoms with E-state index in [1.807, 2.05) is 0 Å². The number of fused-ring (bicyclic) bond motifs is 1. The maximum absolute atomic E-state index is 13.9. The number of nitrogen functional groups attached to an aromatic ring is 2. The number of carbonyl (C=O) groups is 2. The van der Waals surface area contributed by atoms with E-state index in [4.69, 9.17) is 34.7 Å². The third-order valence-corrected chi connectivity index (χ3v) is 10.4. The third-order valence-electron chi connectivity index (χ3n) is 8.92. The van der Waals surface area contributed by atoms with E-state index in [0.29, 0.717) is 0 Å². The van der Waals surface area contributed by atoms with Gasteiger partial charge >= 0.3 is 27.3 Å². The number of rotatable bonds is 20. The first-order chi connectivity index (χ1) is 27.7. The van der Waals surface area contributed by atoms with Crippen molar-refractivity contribution < 1.29 is 81.6 Å². The Balaban J connectivity index is 1.48. The minimum Gasteiger partial charge on any atom is -0.480 e. The highest BCUT2D eigenvalue weighted by molar-refractivity contribution is 7.47. The van der Waals surface area contributed by atoms with Gasteiger partial charge in [0.05, 0.1) is 44.9 Å². The van der Waals surface area contributed by atoms with Gasteiger partial charge < -0.3 is 65.7 Å². The van der Waals surface area contributed by atoms with Crippen molar-refractivity contribution in [2.75, 3.05) is 37.9 Å². The van der Waals surface area contributed by atoms with Gasteiger partial charge in [-0.1, -0.05) is 6.08 Å². The van der Waals surface area contributed by atoms with Crippen LogP contribution < -0.4 is 17.2 Å². The zero-order valence-corrected chi connectivity index (χ0v) is 32.7. The van der Waals surface area contributed by atoms with Gasteiger partial charge in [0.1, 0.15) is 48.2 Å². The second-order valence-electron chi connectivity index (χ2n) is 13.2. The SMILES string of the molecule is C=CCCC(=O)N(C1C(COP(=O)(O)O[C@H]2[C@@H](O)[C@H](n3ccc(N)nc3=O)O[C@@H]2COP(=O)(O)O)OC(n2cnc3c(N)ncnc32)C1O)[C@H](COCC(C)O)C(=O)O. The highest BCUT2D eigenvalue weighted by Gasteiger charge is 2.54. The zero-order chi connectivity index (χ0) is 43.4. The lowest BCUT2D eigenvalue weighted by Gasteiger charge is -2.37. The van der Waals surface area contributed by atoms with Gasteiger partial charge in [0.25, 0.3) is 0 Å². The number of aliphatic carboxylic acids is 1. The molecule has 0 spiro atoms. The molecule has 2 aliphatic rings. The topological polar surface area (TPSA) is 399 Å². The van der Waals surface area contributed by atoms with Crippen LogP contribution in [0.25, 0.3) is 11.2 Å². The summed E-state index contributed by atoms with van der Waals surface area (Å²) in [5.41, 5.74) is 10.5. The molecule has 0 aromatic carbocycles. The quantitative estimate of drug-likeness (QED) is 0.0415. The van der Waals surface area contributed by atoms with Gasteiger partial charge in [-0.25, -0.2) is 33.7 Å². The largest absolute Gasteiger partial charge is 0.480 e. The van der Waals surface area contributed by atoms with Crippen LogP contribution in [0.2, 0.25) is 0 Å². The molecular formula is C30H43N9O18P2. The lowest BCUT2D eigenvalue weighted by Crippen LogP contribution is -2.59. The number of hydrogen-bond acceptors (Lipinski definition) is 20. The molecule has 2 saturated heterocycles. The molecule has 0 radical (unpaired) electrons. The van der Waals surface area contributed by atoms with Crippen molar-refractivity contribution in [3.8, 4) is 0 Å². The minimum atomic E-state index is -5.50. The maximum Gasteiger partial charge on any atom is 0.472 e. The molecule has 0 bridgehead atoms. The maximum atomic E-state index is 13.9. The predicted molar refractivity (Wildman–Crippen MR) is 195 cm³/mol. The number of anilines is 2. The molecule has 5 rings (SSSR count). The van der Waals surface area contributed by atoms with Crippen LogP contribution in [0.15, 0.2) is 42.4 Å². The number of nitrogens with two attached hydrogens (primary N) is 2. The monoisotopic (exact) mass is 879 g/mol. The third kappa shape index (κ3) is 10.9. The second-order valence-corrected chi connectivity index (χ2v) is 15.9. The van der Waals surface area contributed by atoms with Gasteiger partial charge in [-0.3, -0.25) is 27.5 Å². The first kappa shape index (κ1) is 45.8. The highest BCUT2D eigenvalue weighted by atomic mass is 31.2. The van der Waals surface area contributed by atoms with Crippen molar-refractivity contribution in [2.24, 2.45) is 0 Å². The smallest absolute Gasteiger partial charge is 0.472 e. The number of ether oxygens (including phenoxy) is 3. The Kier molecular flexibility index (Phi) is 14.7. The summed E-state index contributed by atoms with van der Waals surface area (Å²) in [4.78, 5) is 85.2. The van der Waals surface area contributed by atoms with Crippen molar-refractivity contribution in [1.29, 1.82) is 0 Å². The molecule has 3 aromatic rings. The summed E-state index contributed by atoms with van der Waals surface area (Å²) in [5, 5.41) is 43.2. The van der Waals surface area contributed by atoms with E-state index >= 15 is 0 Å². The van der Waals surface area contributed by atoms with E-state index in [2.05, 4.69) is 31.0 Å². The fourth-order valence-electron chi connectivity index (χ4n) is 6.38. The average Bonchev–Trinajstić information content (AvgIpc) is 3.81. The number of aliphatic hydroxyl groups is 3. The second kappa shape index (κ2) is 18.9. The molecule has 3 aromatic heterocycles. The molecule has 2 aliphatic heterocycles. The molecule has 11 N–H and O–H groups in total. The molecule has 59 heavy (non-hydrogen) atoms. The zero-order valence-electron chi connectivity index (χ0n) is 30.9. The van der Waals surface area contributed by atoms with Crippen LogP contribution in [-0.4, -0.2) is 156 Å². The Morgan fingerprint density at radius 3 is 2.36 bits per heavy atom. The van der Waals surface area contributed by atoms with Crippen LogP contribution in [0.4, 0.5) is 11.6 Å². The molecule has 2 fully saturated rings. The van der Waals surface area contributed by atoms with E-state index in [9.17, 15) is 58.6 Å². The molecule has 6 unspecified atom stereocenters. The fraction of sp³-hybridized carbons (Fsp3) is 0.567. The number of amides is 1. The van der Waals surface area contributed by atoms with Crippen LogP contribution in [0.3, 0.4) is 0 Å². The number of hydrogen-bond donors (Lipinski definition) is 9. The molecule has 326 valence electrons. The van der Waals surface area contributed by atoms with E-state index in [0.717, 1.165) is 34.4 Å². The summed E-state index contributed by atoms with van der Waals surface area (Å²) in [6.45, 7) is 1.79. The van der Waals surface area contributed by atoms with E-state index in [-0.39, 0.29) is 42.2 Å². The molecule has 1 amide bonds. The van der Waals surface area contributed by atoms with Gasteiger partial charge in [0.15, 0.2) is 30.0 Å². The average molecular weight is 880 g/mol. The normalized spacial score (nSPS) is 26.7. The summed E-state index contributed by atoms with van der Waals surface area (Å²) in [6, 6.07) is -2.42. The Morgan fingerprint density at radius 2 is 1.71 bits per heavy atom. The van der Waals surface area contributed by atoms with Gasteiger partial charge in [-0.15, -0.1) is 6.58 Å². The lowest BCUT2D eigenvalue weighted by atomic mass is 10.0. The highest BCUT2D eigenvalue weighted by Crippen LogP contribution is 2.50. The number of carboxylic acid groups (broad SMARTS) is 1. The summed E-state index contributed by atoms with van der Waals surface area (Å²) in [7, 11) is -10.7. The lowest BCUT2D eigenvalue weighted by molar-refractivity contribution is -0.159. The van der Waals surface area contributed by atoms with E-state index < -0.39 is 114 Å². The number of imidazole rings is 1. The number of carboxylic acids is 1. The van der Waals surface area contributed by atoms with Crippen LogP contribution in [0, 0.1) is 0 Å². The van der Waals surface area contributed by atoms with Crippen molar-refractivity contribution >= 4 is 50.3 Å². The Labute approximate surface area is 332 Å². The van der Waals surface area contributed by atoms with Crippen LogP contribution in [0.5, 0.6) is 0 Å². The first-order valence-corrected chi connectivity index (χ1v) is 20.5. The number of phosphoric ester groups is 2. The number of aliphatic hydroxyl groups excluding tert-OH is 3. The van der Waals surface area contributed by atoms with Crippen LogP contribution >= 0.6 is 15.6 Å². The van der Waals surface area contributed by atoms with Gasteiger partial charge in [0, 0.05) is 12.6 Å². The summed E-state index contributed by atoms with van der Waals surface area (Å²) < 4.78 is 59.1. The number of carbonyl (C=O) groups excluding carboxylic acids is 1. The standard InChI is InChI=1S/C30H43N9O18P2/c1-3-4-5-19(41)39(15(29(44)45)9-52-8-14(2)40)21-16(55-27(22(21)42)38-13-35-20-25(32)33-12-34-26(20)38)10-54-59(50,51)57-24-17(11-53-58(47,48)49)56-28(23(24)43)37-7-6-18(31)36-30(37)46/h3,6-7,12-17,21-24,27-28,40,42-43H,1,4-5,8-11H2,2H3,(H,44,45)(H,50,51)(H2,31,36,46)(H2,32,33,34)(H2,47,48,49)/t14?,15-,16?,17-,21?,22?,23-,24-,27?,28-/m1/s1. The summed E-state index contributed by atoms with van der Waals surface area (Å²) in [6.07, 6.45) is -9.27. The van der Waals surface area contributed by atoms with Crippen molar-refractivity contribution in [3.05, 3.63) is 48.1 Å². The summed E-state index contributed by atoms with van der Waals surface area (Å²) >= 11 is 0. The molecule has 11 atom stereocenters. The van der Waals surface area contributed by atoms with Crippen molar-refractivity contribution in [3.63, 3.8) is 0 Å². The molecular weight excluding hydrogens is 836 g/mol. The van der Waals surface area contributed by atoms with Crippen molar-refractivity contribution in [2.45, 2.75) is 80.9 Å². The van der Waals surface area contributed by atoms with Crippen LogP contribution in [-0.2, 0) is 46.5 Å². The van der Waals surface area contributed by atoms with Crippen LogP contribution in [0.1, 0.15) is 32.2 Å². The fourth-order valence-corrected chi connectivity index (χ4v) is 7.68. The minimum absolute atomic E-state index is 0.0290. The first-order valence-electron chi connectivity index (χ1n) is 17.4. The number of allylic oxidation sites excluding steroid dienone is 1. The molecule has 5 heterocycles. The molecule has 0 aliphatic carbocycles. The number of phosphoric acid groups is 2. The van der Waals surface area contributed by atoms with Gasteiger partial charge in [-0.2, -0.15) is 4.98 Å². The molecule has 27 nitrogen and oxygen atoms in total. The Hall–Kier alpha value is -4.31. The number of aromatic nitrogens is 6. The Morgan fingerprint density at radius 1 is 1.03 bits per heavy atom. The summed E-state index contributed by atoms with van der Waals surface area (Å²) in [5.74, 6) is -2.73.